The van der Waals surface area contributed by atoms with Crippen LogP contribution in [-0.2, 0) is 10.5 Å². The Hall–Kier alpha value is -2.02. The fraction of sp³-hybridized carbons (Fsp3) is 0.438. The van der Waals surface area contributed by atoms with E-state index in [9.17, 15) is 4.79 Å². The van der Waals surface area contributed by atoms with Crippen LogP contribution >= 0.6 is 11.8 Å². The zero-order valence-corrected chi connectivity index (χ0v) is 14.2. The van der Waals surface area contributed by atoms with E-state index in [1.54, 1.807) is 6.26 Å². The van der Waals surface area contributed by atoms with E-state index in [1.165, 1.54) is 11.8 Å². The van der Waals surface area contributed by atoms with Crippen LogP contribution in [0.25, 0.3) is 0 Å². The lowest BCUT2D eigenvalue weighted by Gasteiger charge is -2.07. The maximum absolute atomic E-state index is 11.7. The quantitative estimate of drug-likeness (QED) is 0.710. The number of carbonyl (C=O) groups is 1. The summed E-state index contributed by atoms with van der Waals surface area (Å²) < 4.78 is 10.7. The van der Waals surface area contributed by atoms with E-state index in [0.717, 1.165) is 17.1 Å². The minimum absolute atomic E-state index is 0.0178. The molecule has 0 atom stereocenters. The fourth-order valence-electron chi connectivity index (χ4n) is 1.91. The first kappa shape index (κ1) is 17.3. The maximum Gasteiger partial charge on any atom is 0.316 e. The van der Waals surface area contributed by atoms with Crippen LogP contribution < -0.4 is 10.1 Å². The number of carbonyl (C=O) groups excluding carboxylic acids is 1. The zero-order chi connectivity index (χ0) is 16.5. The molecule has 0 aromatic carbocycles. The summed E-state index contributed by atoms with van der Waals surface area (Å²) in [5, 5.41) is 2.86. The number of rotatable bonds is 9. The van der Waals surface area contributed by atoms with Crippen molar-refractivity contribution in [3.05, 3.63) is 41.6 Å². The highest BCUT2D eigenvalue weighted by atomic mass is 32.2. The van der Waals surface area contributed by atoms with Gasteiger partial charge in [0, 0.05) is 17.9 Å². The Morgan fingerprint density at radius 1 is 1.35 bits per heavy atom. The topological polar surface area (TPSA) is 77.2 Å². The Morgan fingerprint density at radius 3 is 2.83 bits per heavy atom. The molecule has 124 valence electrons. The average molecular weight is 335 g/mol. The highest BCUT2D eigenvalue weighted by molar-refractivity contribution is 7.99. The van der Waals surface area contributed by atoms with E-state index in [0.29, 0.717) is 37.1 Å². The van der Waals surface area contributed by atoms with Crippen molar-refractivity contribution >= 4 is 17.7 Å². The van der Waals surface area contributed by atoms with Crippen LogP contribution in [0.2, 0.25) is 0 Å². The lowest BCUT2D eigenvalue weighted by atomic mass is 10.4. The molecule has 0 aliphatic rings. The van der Waals surface area contributed by atoms with E-state index in [-0.39, 0.29) is 5.91 Å². The minimum atomic E-state index is 0.0178. The molecule has 2 heterocycles. The van der Waals surface area contributed by atoms with Crippen molar-refractivity contribution in [1.29, 1.82) is 0 Å². The fourth-order valence-corrected chi connectivity index (χ4v) is 2.67. The van der Waals surface area contributed by atoms with E-state index < -0.39 is 0 Å². The molecule has 0 radical (unpaired) electrons. The first-order valence-corrected chi connectivity index (χ1v) is 8.61. The molecular formula is C16H21N3O3S. The van der Waals surface area contributed by atoms with Crippen LogP contribution in [0.3, 0.4) is 0 Å². The van der Waals surface area contributed by atoms with Gasteiger partial charge >= 0.3 is 6.01 Å². The van der Waals surface area contributed by atoms with Crippen LogP contribution in [0.5, 0.6) is 6.01 Å². The van der Waals surface area contributed by atoms with Gasteiger partial charge in [0.05, 0.1) is 24.4 Å². The summed E-state index contributed by atoms with van der Waals surface area (Å²) in [5.41, 5.74) is 1.77. The van der Waals surface area contributed by atoms with E-state index in [2.05, 4.69) is 15.3 Å². The lowest BCUT2D eigenvalue weighted by Crippen LogP contribution is -2.27. The maximum atomic E-state index is 11.7. The summed E-state index contributed by atoms with van der Waals surface area (Å²) in [4.78, 5) is 20.1. The Balaban J connectivity index is 1.53. The molecule has 0 saturated heterocycles. The zero-order valence-electron chi connectivity index (χ0n) is 13.4. The summed E-state index contributed by atoms with van der Waals surface area (Å²) >= 11 is 1.53. The van der Waals surface area contributed by atoms with Gasteiger partial charge < -0.3 is 14.5 Å². The van der Waals surface area contributed by atoms with Crippen molar-refractivity contribution in [1.82, 2.24) is 15.3 Å². The summed E-state index contributed by atoms with van der Waals surface area (Å²) in [5.74, 6) is 2.02. The molecule has 0 bridgehead atoms. The molecule has 0 aliphatic carbocycles. The van der Waals surface area contributed by atoms with E-state index in [4.69, 9.17) is 9.15 Å². The number of thioether (sulfide) groups is 1. The third-order valence-corrected chi connectivity index (χ3v) is 3.85. The van der Waals surface area contributed by atoms with Crippen LogP contribution in [-0.4, -0.2) is 34.8 Å². The largest absolute Gasteiger partial charge is 0.468 e. The summed E-state index contributed by atoms with van der Waals surface area (Å²) in [6.07, 6.45) is 2.35. The van der Waals surface area contributed by atoms with Gasteiger partial charge in [-0.15, -0.1) is 11.8 Å². The molecule has 2 rings (SSSR count). The number of nitrogens with one attached hydrogen (secondary N) is 1. The molecule has 2 aromatic rings. The second-order valence-corrected chi connectivity index (χ2v) is 6.04. The minimum Gasteiger partial charge on any atom is -0.468 e. The van der Waals surface area contributed by atoms with Crippen molar-refractivity contribution in [2.45, 2.75) is 26.0 Å². The van der Waals surface area contributed by atoms with Crippen LogP contribution in [0.15, 0.2) is 28.9 Å². The van der Waals surface area contributed by atoms with Crippen molar-refractivity contribution in [3.63, 3.8) is 0 Å². The number of ether oxygens (including phenoxy) is 1. The molecule has 6 nitrogen and oxygen atoms in total. The highest BCUT2D eigenvalue weighted by Gasteiger charge is 2.04. The summed E-state index contributed by atoms with van der Waals surface area (Å²) in [6.45, 7) is 4.86. The van der Waals surface area contributed by atoms with Gasteiger partial charge in [0.2, 0.25) is 5.91 Å². The highest BCUT2D eigenvalue weighted by Crippen LogP contribution is 2.11. The Bertz CT molecular complexity index is 597. The van der Waals surface area contributed by atoms with Crippen molar-refractivity contribution in [2.75, 3.05) is 18.9 Å². The van der Waals surface area contributed by atoms with Crippen molar-refractivity contribution in [2.24, 2.45) is 0 Å². The van der Waals surface area contributed by atoms with E-state index in [1.807, 2.05) is 32.0 Å². The van der Waals surface area contributed by atoms with Gasteiger partial charge in [0.25, 0.3) is 0 Å². The van der Waals surface area contributed by atoms with Gasteiger partial charge in [-0.2, -0.15) is 0 Å². The third-order valence-electron chi connectivity index (χ3n) is 2.89. The van der Waals surface area contributed by atoms with Crippen molar-refractivity contribution in [3.8, 4) is 6.01 Å². The molecule has 2 aromatic heterocycles. The smallest absolute Gasteiger partial charge is 0.316 e. The van der Waals surface area contributed by atoms with Gasteiger partial charge in [0.15, 0.2) is 0 Å². The molecule has 23 heavy (non-hydrogen) atoms. The number of aromatic nitrogens is 2. The molecular weight excluding hydrogens is 314 g/mol. The Morgan fingerprint density at radius 2 is 2.13 bits per heavy atom. The molecule has 0 saturated carbocycles. The van der Waals surface area contributed by atoms with Gasteiger partial charge in [-0.1, -0.05) is 0 Å². The average Bonchev–Trinajstić information content (AvgIpc) is 2.99. The number of furan rings is 1. The molecule has 1 amide bonds. The molecule has 0 fully saturated rings. The van der Waals surface area contributed by atoms with Gasteiger partial charge in [-0.25, -0.2) is 9.97 Å². The Kier molecular flexibility index (Phi) is 6.93. The molecule has 0 aliphatic heterocycles. The normalized spacial score (nSPS) is 10.5. The van der Waals surface area contributed by atoms with Crippen LogP contribution in [0.4, 0.5) is 0 Å². The molecule has 7 heteroatoms. The summed E-state index contributed by atoms with van der Waals surface area (Å²) in [7, 11) is 0. The summed E-state index contributed by atoms with van der Waals surface area (Å²) in [6, 6.07) is 6.03. The molecule has 0 spiro atoms. The predicted molar refractivity (Wildman–Crippen MR) is 89.5 cm³/mol. The number of nitrogens with zero attached hydrogens (tertiary/aromatic N) is 2. The molecule has 0 unspecified atom stereocenters. The van der Waals surface area contributed by atoms with E-state index >= 15 is 0 Å². The number of hydrogen-bond donors (Lipinski definition) is 1. The lowest BCUT2D eigenvalue weighted by molar-refractivity contribution is -0.118. The van der Waals surface area contributed by atoms with Gasteiger partial charge in [0.1, 0.15) is 5.76 Å². The SMILES string of the molecule is Cc1cc(C)nc(OCCCNC(=O)CSCc2ccco2)n1. The Labute approximate surface area is 140 Å². The second-order valence-electron chi connectivity index (χ2n) is 5.06. The number of hydrogen-bond acceptors (Lipinski definition) is 6. The van der Waals surface area contributed by atoms with Gasteiger partial charge in [-0.05, 0) is 38.5 Å². The van der Waals surface area contributed by atoms with Crippen LogP contribution in [0.1, 0.15) is 23.6 Å². The first-order valence-electron chi connectivity index (χ1n) is 7.45. The number of amides is 1. The predicted octanol–water partition coefficient (Wildman–Crippen LogP) is 2.50. The van der Waals surface area contributed by atoms with Crippen LogP contribution in [0, 0.1) is 13.8 Å². The molecule has 1 N–H and O–H groups in total. The third kappa shape index (κ3) is 6.73. The number of aryl methyl sites for hydroxylation is 2. The standard InChI is InChI=1S/C16H21N3O3S/c1-12-9-13(2)19-16(18-12)22-8-4-6-17-15(20)11-23-10-14-5-3-7-21-14/h3,5,7,9H,4,6,8,10-11H2,1-2H3,(H,17,20). The van der Waals surface area contributed by atoms with Crippen molar-refractivity contribution < 1.29 is 13.9 Å². The van der Waals surface area contributed by atoms with Gasteiger partial charge in [-0.3, -0.25) is 4.79 Å². The monoisotopic (exact) mass is 335 g/mol. The first-order chi connectivity index (χ1) is 11.1. The second kappa shape index (κ2) is 9.19.